The highest BCUT2D eigenvalue weighted by atomic mass is 19.1. The van der Waals surface area contributed by atoms with Crippen molar-refractivity contribution in [1.82, 2.24) is 9.97 Å². The number of methoxy groups -OCH3 is 2. The molecule has 9 rings (SSSR count). The maximum absolute atomic E-state index is 15.7. The van der Waals surface area contributed by atoms with E-state index >= 15 is 8.78 Å². The lowest BCUT2D eigenvalue weighted by molar-refractivity contribution is 0.285. The quantitative estimate of drug-likeness (QED) is 0.154. The van der Waals surface area contributed by atoms with Crippen LogP contribution in [0.4, 0.5) is 8.78 Å². The molecular weight excluding hydrogens is 739 g/mol. The number of phenols is 1. The van der Waals surface area contributed by atoms with E-state index in [1.54, 1.807) is 12.1 Å². The summed E-state index contributed by atoms with van der Waals surface area (Å²) in [6.07, 6.45) is 2.24. The van der Waals surface area contributed by atoms with Gasteiger partial charge in [0.1, 0.15) is 18.1 Å². The lowest BCUT2D eigenvalue weighted by Gasteiger charge is -2.15. The number of ether oxygens (including phenoxy) is 5. The summed E-state index contributed by atoms with van der Waals surface area (Å²) in [5.41, 5.74) is 0.520. The number of rotatable bonds is 9. The topological polar surface area (TPSA) is 92.2 Å². The molecule has 2 heterocycles. The van der Waals surface area contributed by atoms with Crippen LogP contribution >= 0.6 is 0 Å². The maximum atomic E-state index is 15.7. The first kappa shape index (κ1) is 26.8. The maximum Gasteiger partial charge on any atom is 0.173 e. The summed E-state index contributed by atoms with van der Waals surface area (Å²) in [5, 5.41) is 10.7. The van der Waals surface area contributed by atoms with Crippen LogP contribution in [0.1, 0.15) is 66.8 Å². The zero-order valence-corrected chi connectivity index (χ0v) is 30.3. The van der Waals surface area contributed by atoms with Gasteiger partial charge in [-0.05, 0) is 79.6 Å². The van der Waals surface area contributed by atoms with Crippen molar-refractivity contribution >= 4 is 33.9 Å². The molecule has 0 bridgehead atoms. The Morgan fingerprint density at radius 2 is 1.21 bits per heavy atom. The second-order valence-electron chi connectivity index (χ2n) is 12.7. The van der Waals surface area contributed by atoms with Crippen molar-refractivity contribution in [2.45, 2.75) is 40.6 Å². The molecule has 5 aromatic carbocycles. The Morgan fingerprint density at radius 3 is 1.74 bits per heavy atom. The Balaban J connectivity index is 0.000000230. The van der Waals surface area contributed by atoms with Gasteiger partial charge < -0.3 is 30.2 Å². The Labute approximate surface area is 353 Å². The molecule has 0 aliphatic heterocycles. The minimum atomic E-state index is -2.61. The third-order valence-electron chi connectivity index (χ3n) is 9.00. The fourth-order valence-corrected chi connectivity index (χ4v) is 6.24. The van der Waals surface area contributed by atoms with E-state index in [9.17, 15) is 5.11 Å². The molecule has 10 heteroatoms. The minimum Gasteiger partial charge on any atom is -1.00 e. The van der Waals surface area contributed by atoms with Gasteiger partial charge in [-0.25, -0.2) is 8.78 Å². The fraction of sp³-hybridized carbons (Fsp3) is 0.167. The summed E-state index contributed by atoms with van der Waals surface area (Å²) in [6, 6.07) is 15.6. The third-order valence-corrected chi connectivity index (χ3v) is 9.00. The molecule has 0 spiro atoms. The van der Waals surface area contributed by atoms with Crippen molar-refractivity contribution < 1.29 is 55.4 Å². The van der Waals surface area contributed by atoms with Crippen LogP contribution in [0, 0.1) is 11.6 Å². The summed E-state index contributed by atoms with van der Waals surface area (Å²) in [4.78, 5) is 8.47. The number of hydrogen-bond acceptors (Lipinski definition) is 8. The number of benzene rings is 5. The molecule has 2 aliphatic rings. The lowest BCUT2D eigenvalue weighted by atomic mass is 10.1. The van der Waals surface area contributed by atoms with E-state index in [2.05, 4.69) is 9.97 Å². The molecular formula is C48H43F2N2O6-. The van der Waals surface area contributed by atoms with E-state index in [4.69, 9.17) is 40.1 Å². The largest absolute Gasteiger partial charge is 1.00 e. The predicted octanol–water partition coefficient (Wildman–Crippen LogP) is 12.3. The molecule has 0 atom stereocenters. The number of hydrogen-bond donors (Lipinski definition) is 1. The van der Waals surface area contributed by atoms with Gasteiger partial charge in [-0.1, -0.05) is 73.1 Å². The average molecular weight is 795 g/mol. The predicted molar refractivity (Wildman–Crippen MR) is 225 cm³/mol. The van der Waals surface area contributed by atoms with E-state index in [1.165, 1.54) is 50.9 Å². The highest BCUT2D eigenvalue weighted by Crippen LogP contribution is 2.41. The first-order chi connectivity index (χ1) is 32.6. The molecule has 0 radical (unpaired) electrons. The molecule has 58 heavy (non-hydrogen) atoms. The third kappa shape index (κ3) is 7.86. The number of pyridine rings is 2. The van der Waals surface area contributed by atoms with Crippen LogP contribution in [0.25, 0.3) is 33.9 Å². The Hall–Kier alpha value is -6.94. The zero-order chi connectivity index (χ0) is 49.9. The number of fused-ring (bicyclic) bond motifs is 4. The number of aromatic hydroxyl groups is 1. The highest BCUT2D eigenvalue weighted by molar-refractivity contribution is 5.89. The summed E-state index contributed by atoms with van der Waals surface area (Å²) in [7, 11) is 2.84. The van der Waals surface area contributed by atoms with Crippen molar-refractivity contribution in [3.8, 4) is 46.0 Å². The van der Waals surface area contributed by atoms with Gasteiger partial charge in [-0.15, -0.1) is 0 Å². The van der Waals surface area contributed by atoms with Crippen LogP contribution in [0.2, 0.25) is 0 Å². The Bertz CT molecular complexity index is 3300. The Kier molecular flexibility index (Phi) is 7.70. The molecule has 2 aromatic heterocycles. The summed E-state index contributed by atoms with van der Waals surface area (Å²) >= 11 is 0. The number of halogens is 2. The number of aromatic nitrogens is 2. The van der Waals surface area contributed by atoms with Gasteiger partial charge in [-0.3, -0.25) is 9.97 Å². The second kappa shape index (κ2) is 16.7. The van der Waals surface area contributed by atoms with E-state index in [0.717, 1.165) is 5.56 Å². The van der Waals surface area contributed by atoms with Crippen LogP contribution in [0.15, 0.2) is 114 Å². The van der Waals surface area contributed by atoms with Crippen LogP contribution < -0.4 is 23.7 Å². The molecule has 8 nitrogen and oxygen atoms in total. The van der Waals surface area contributed by atoms with Crippen molar-refractivity contribution in [2.75, 3.05) is 14.2 Å². The van der Waals surface area contributed by atoms with Crippen molar-refractivity contribution in [2.24, 2.45) is 0 Å². The monoisotopic (exact) mass is 794 g/mol. The molecule has 2 aliphatic carbocycles. The van der Waals surface area contributed by atoms with Gasteiger partial charge in [-0.2, -0.15) is 0 Å². The van der Waals surface area contributed by atoms with E-state index in [-0.39, 0.29) is 84.1 Å². The lowest BCUT2D eigenvalue weighted by Crippen LogP contribution is -1.99. The number of phenolic OH excluding ortho intramolecular Hbond substituents is 1. The van der Waals surface area contributed by atoms with Crippen LogP contribution in [0.3, 0.4) is 0 Å². The standard InChI is InChI=1S/C27H22FNO3.C20H16FNO3.CH4.H/c1-17-12-19-8-9-24(27(28)20(19)13-17)32-23-10-11-29-22-15-26(25(30-2)14-21(22)23)31-16-18-6-4-3-5-7-18;1-11-7-12-3-4-18(20(21)13(12)8-11)25-17-5-6-22-15-10-16(23)19(24-2)9-14(15)17;;/h3-11,13-15H,12,16H2,1-2H3;3-6,8-10,23H,7H2,1-2H3;1H4;/q;;;-1/i1D3,8D,9D,13D;1D3,3D,4D,8D;;1+1. The number of allylic oxidation sites excluding steroid dienone is 2. The molecule has 0 unspecified atom stereocenters. The van der Waals surface area contributed by atoms with Gasteiger partial charge in [0.15, 0.2) is 46.1 Å². The van der Waals surface area contributed by atoms with Gasteiger partial charge >= 0.3 is 0 Å². The summed E-state index contributed by atoms with van der Waals surface area (Å²) in [5.74, 6) is -2.27. The Morgan fingerprint density at radius 1 is 0.672 bits per heavy atom. The first-order valence-electron chi connectivity index (χ1n) is 23.3. The number of nitrogens with zero attached hydrogens (tertiary/aromatic N) is 2. The smallest absolute Gasteiger partial charge is 0.173 e. The van der Waals surface area contributed by atoms with Crippen LogP contribution in [0.5, 0.6) is 46.0 Å². The van der Waals surface area contributed by atoms with E-state index in [1.807, 2.05) is 30.3 Å². The van der Waals surface area contributed by atoms with Crippen molar-refractivity contribution in [3.05, 3.63) is 154 Å². The minimum absolute atomic E-state index is 0. The van der Waals surface area contributed by atoms with E-state index in [0.29, 0.717) is 39.9 Å². The van der Waals surface area contributed by atoms with Gasteiger partial charge in [0.25, 0.3) is 0 Å². The zero-order valence-electron chi connectivity index (χ0n) is 43.3. The molecule has 0 fully saturated rings. The SMILES string of the molecule is C.[2H-].[2H]C1=C(C([2H])([2H])[2H])Cc2c([2H])c([2H])c(Oc3ccnc4cc(O)c(OC)cc34)c(F)c21.[2H]C1=C(C([2H])([2H])[2H])Cc2c([2H])c([2H])c(Oc3ccnc4cc(OCc5ccccc5)c(OC)cc34)c(F)c21. The molecule has 7 aromatic rings. The molecule has 0 saturated carbocycles. The van der Waals surface area contributed by atoms with Gasteiger partial charge in [0.05, 0.1) is 33.5 Å². The summed E-state index contributed by atoms with van der Waals surface area (Å²) < 4.78 is 154. The molecule has 0 amide bonds. The van der Waals surface area contributed by atoms with Gasteiger partial charge in [0.2, 0.25) is 0 Å². The molecule has 296 valence electrons. The van der Waals surface area contributed by atoms with E-state index < -0.39 is 67.1 Å². The normalized spacial score (nSPS) is 16.1. The fourth-order valence-electron chi connectivity index (χ4n) is 6.24. The highest BCUT2D eigenvalue weighted by Gasteiger charge is 2.21. The van der Waals surface area contributed by atoms with Gasteiger partial charge in [0, 0.05) is 54.7 Å². The van der Waals surface area contributed by atoms with Crippen LogP contribution in [-0.4, -0.2) is 29.3 Å². The van der Waals surface area contributed by atoms with Crippen molar-refractivity contribution in [1.29, 1.82) is 0 Å². The second-order valence-corrected chi connectivity index (χ2v) is 12.7. The first-order valence-corrected chi connectivity index (χ1v) is 17.3. The van der Waals surface area contributed by atoms with Crippen molar-refractivity contribution in [3.63, 3.8) is 0 Å². The average Bonchev–Trinajstić information content (AvgIpc) is 3.87. The van der Waals surface area contributed by atoms with Crippen LogP contribution in [-0.2, 0) is 19.4 Å². The molecule has 0 saturated heterocycles. The summed E-state index contributed by atoms with van der Waals surface area (Å²) in [6.45, 7) is -4.93. The molecule has 1 N–H and O–H groups in total.